The fraction of sp³-hybridized carbons (Fsp3) is 0.133. The van der Waals surface area contributed by atoms with Crippen molar-refractivity contribution in [3.8, 4) is 11.5 Å². The fourth-order valence-electron chi connectivity index (χ4n) is 2.08. The van der Waals surface area contributed by atoms with Crippen molar-refractivity contribution in [3.05, 3.63) is 48.0 Å². The van der Waals surface area contributed by atoms with Crippen LogP contribution in [0.1, 0.15) is 10.4 Å². The number of hydrogen-bond donors (Lipinski definition) is 1. The number of sulfonamides is 1. The zero-order valence-corrected chi connectivity index (χ0v) is 12.9. The Bertz CT molecular complexity index is 862. The van der Waals surface area contributed by atoms with Crippen molar-refractivity contribution in [1.29, 1.82) is 0 Å². The number of hydrogen-bond acceptors (Lipinski definition) is 6. The summed E-state index contributed by atoms with van der Waals surface area (Å²) in [5.74, 6) is 0.416. The quantitative estimate of drug-likeness (QED) is 0.860. The number of carbonyl (C=O) groups is 1. The summed E-state index contributed by atoms with van der Waals surface area (Å²) < 4.78 is 42.3. The normalized spacial score (nSPS) is 12.7. The van der Waals surface area contributed by atoms with E-state index in [0.717, 1.165) is 0 Å². The molecule has 3 rings (SSSR count). The molecule has 0 saturated heterocycles. The van der Waals surface area contributed by atoms with Crippen molar-refractivity contribution in [1.82, 2.24) is 0 Å². The van der Waals surface area contributed by atoms with Gasteiger partial charge in [0, 0.05) is 6.07 Å². The third-order valence-electron chi connectivity index (χ3n) is 3.19. The summed E-state index contributed by atoms with van der Waals surface area (Å²) in [6, 6.07) is 10.3. The zero-order valence-electron chi connectivity index (χ0n) is 12.1. The van der Waals surface area contributed by atoms with Crippen LogP contribution >= 0.6 is 0 Å². The topological polar surface area (TPSA) is 90.9 Å². The van der Waals surface area contributed by atoms with E-state index in [9.17, 15) is 13.2 Å². The van der Waals surface area contributed by atoms with Gasteiger partial charge in [0.05, 0.1) is 23.3 Å². The third kappa shape index (κ3) is 3.07. The highest BCUT2D eigenvalue weighted by Gasteiger charge is 2.19. The molecule has 2 aromatic carbocycles. The summed E-state index contributed by atoms with van der Waals surface area (Å²) >= 11 is 0. The Labute approximate surface area is 132 Å². The van der Waals surface area contributed by atoms with E-state index in [1.54, 1.807) is 12.1 Å². The van der Waals surface area contributed by atoms with Gasteiger partial charge < -0.3 is 14.2 Å². The Morgan fingerprint density at radius 2 is 1.91 bits per heavy atom. The Hall–Kier alpha value is -2.74. The zero-order chi connectivity index (χ0) is 16.4. The van der Waals surface area contributed by atoms with Crippen molar-refractivity contribution in [2.75, 3.05) is 18.6 Å². The number of benzene rings is 2. The molecule has 7 nitrogen and oxygen atoms in total. The van der Waals surface area contributed by atoms with Crippen LogP contribution in [-0.4, -0.2) is 28.3 Å². The Morgan fingerprint density at radius 1 is 1.13 bits per heavy atom. The number of carbonyl (C=O) groups excluding carboxylic acids is 1. The molecule has 2 aromatic rings. The van der Waals surface area contributed by atoms with Crippen LogP contribution < -0.4 is 14.2 Å². The van der Waals surface area contributed by atoms with Crippen LogP contribution in [0.15, 0.2) is 47.4 Å². The highest BCUT2D eigenvalue weighted by Crippen LogP contribution is 2.34. The first kappa shape index (κ1) is 15.2. The Kier molecular flexibility index (Phi) is 3.83. The lowest BCUT2D eigenvalue weighted by Gasteiger charge is -2.09. The van der Waals surface area contributed by atoms with E-state index < -0.39 is 16.0 Å². The van der Waals surface area contributed by atoms with Crippen LogP contribution in [0.5, 0.6) is 11.5 Å². The van der Waals surface area contributed by atoms with Gasteiger partial charge >= 0.3 is 5.97 Å². The Balaban J connectivity index is 1.88. The smallest absolute Gasteiger partial charge is 0.337 e. The van der Waals surface area contributed by atoms with Crippen molar-refractivity contribution < 1.29 is 27.4 Å². The van der Waals surface area contributed by atoms with Crippen LogP contribution in [0, 0.1) is 0 Å². The van der Waals surface area contributed by atoms with Crippen molar-refractivity contribution in [3.63, 3.8) is 0 Å². The second kappa shape index (κ2) is 5.81. The van der Waals surface area contributed by atoms with Crippen molar-refractivity contribution in [2.24, 2.45) is 0 Å². The number of ether oxygens (including phenoxy) is 3. The summed E-state index contributed by atoms with van der Waals surface area (Å²) in [6.07, 6.45) is 0. The lowest BCUT2D eigenvalue weighted by molar-refractivity contribution is 0.0600. The SMILES string of the molecule is COC(=O)c1cccc(S(=O)(=O)Nc2ccc3c(c2)OCO3)c1. The van der Waals surface area contributed by atoms with Gasteiger partial charge in [0.25, 0.3) is 10.0 Å². The van der Waals surface area contributed by atoms with Gasteiger partial charge in [-0.25, -0.2) is 13.2 Å². The average molecular weight is 335 g/mol. The summed E-state index contributed by atoms with van der Waals surface area (Å²) in [5, 5.41) is 0. The van der Waals surface area contributed by atoms with Gasteiger partial charge in [0.1, 0.15) is 0 Å². The van der Waals surface area contributed by atoms with E-state index in [2.05, 4.69) is 9.46 Å². The minimum absolute atomic E-state index is 0.0435. The van der Waals surface area contributed by atoms with Gasteiger partial charge in [-0.2, -0.15) is 0 Å². The minimum Gasteiger partial charge on any atom is -0.465 e. The predicted octanol–water partition coefficient (Wildman–Crippen LogP) is 2.00. The molecule has 1 aliphatic heterocycles. The maximum Gasteiger partial charge on any atom is 0.337 e. The predicted molar refractivity (Wildman–Crippen MR) is 81.2 cm³/mol. The van der Waals surface area contributed by atoms with Crippen LogP contribution in [-0.2, 0) is 14.8 Å². The number of nitrogens with one attached hydrogen (secondary N) is 1. The number of anilines is 1. The van der Waals surface area contributed by atoms with Crippen molar-refractivity contribution >= 4 is 21.7 Å². The monoisotopic (exact) mass is 335 g/mol. The molecule has 0 radical (unpaired) electrons. The average Bonchev–Trinajstić information content (AvgIpc) is 3.01. The second-order valence-electron chi connectivity index (χ2n) is 4.69. The highest BCUT2D eigenvalue weighted by molar-refractivity contribution is 7.92. The van der Waals surface area contributed by atoms with Crippen LogP contribution in [0.25, 0.3) is 0 Å². The first-order valence-corrected chi connectivity index (χ1v) is 8.09. The molecule has 1 heterocycles. The number of methoxy groups -OCH3 is 1. The summed E-state index contributed by atoms with van der Waals surface area (Å²) in [7, 11) is -2.62. The molecule has 0 saturated carbocycles. The molecule has 23 heavy (non-hydrogen) atoms. The number of rotatable bonds is 4. The first-order valence-electron chi connectivity index (χ1n) is 6.60. The molecule has 0 spiro atoms. The molecule has 0 atom stereocenters. The van der Waals surface area contributed by atoms with Gasteiger partial charge in [0.2, 0.25) is 6.79 Å². The number of fused-ring (bicyclic) bond motifs is 1. The van der Waals surface area contributed by atoms with Gasteiger partial charge in [-0.15, -0.1) is 0 Å². The van der Waals surface area contributed by atoms with E-state index in [1.807, 2.05) is 0 Å². The standard InChI is InChI=1S/C15H13NO6S/c1-20-15(17)10-3-2-4-12(7-10)23(18,19)16-11-5-6-13-14(8-11)22-9-21-13/h2-8,16H,9H2,1H3. The van der Waals surface area contributed by atoms with Gasteiger partial charge in [-0.05, 0) is 30.3 Å². The Morgan fingerprint density at radius 3 is 2.70 bits per heavy atom. The molecule has 0 aliphatic carbocycles. The number of esters is 1. The third-order valence-corrected chi connectivity index (χ3v) is 4.57. The van der Waals surface area contributed by atoms with Crippen LogP contribution in [0.2, 0.25) is 0 Å². The largest absolute Gasteiger partial charge is 0.465 e. The molecule has 0 amide bonds. The molecule has 120 valence electrons. The van der Waals surface area contributed by atoms with E-state index in [0.29, 0.717) is 17.2 Å². The highest BCUT2D eigenvalue weighted by atomic mass is 32.2. The molecule has 8 heteroatoms. The van der Waals surface area contributed by atoms with E-state index in [-0.39, 0.29) is 17.3 Å². The van der Waals surface area contributed by atoms with Crippen LogP contribution in [0.3, 0.4) is 0 Å². The maximum atomic E-state index is 12.4. The summed E-state index contributed by atoms with van der Waals surface area (Å²) in [6.45, 7) is 0.104. The maximum absolute atomic E-state index is 12.4. The summed E-state index contributed by atoms with van der Waals surface area (Å²) in [5.41, 5.74) is 0.485. The van der Waals surface area contributed by atoms with Gasteiger partial charge in [0.15, 0.2) is 11.5 Å². The van der Waals surface area contributed by atoms with Gasteiger partial charge in [-0.3, -0.25) is 4.72 Å². The lowest BCUT2D eigenvalue weighted by Crippen LogP contribution is -2.14. The molecule has 0 bridgehead atoms. The minimum atomic E-state index is -3.85. The molecule has 0 unspecified atom stereocenters. The van der Waals surface area contributed by atoms with E-state index in [4.69, 9.17) is 9.47 Å². The fourth-order valence-corrected chi connectivity index (χ4v) is 3.18. The van der Waals surface area contributed by atoms with Gasteiger partial charge in [-0.1, -0.05) is 6.07 Å². The lowest BCUT2D eigenvalue weighted by atomic mass is 10.2. The molecular weight excluding hydrogens is 322 g/mol. The van der Waals surface area contributed by atoms with Crippen LogP contribution in [0.4, 0.5) is 5.69 Å². The van der Waals surface area contributed by atoms with E-state index >= 15 is 0 Å². The molecule has 1 aliphatic rings. The second-order valence-corrected chi connectivity index (χ2v) is 6.38. The van der Waals surface area contributed by atoms with Crippen molar-refractivity contribution in [2.45, 2.75) is 4.90 Å². The molecule has 1 N–H and O–H groups in total. The molecule has 0 aromatic heterocycles. The van der Waals surface area contributed by atoms with E-state index in [1.165, 1.54) is 37.4 Å². The molecular formula is C15H13NO6S. The first-order chi connectivity index (χ1) is 11.0. The summed E-state index contributed by atoms with van der Waals surface area (Å²) in [4.78, 5) is 11.5. The molecule has 0 fully saturated rings.